The van der Waals surface area contributed by atoms with Crippen LogP contribution in [0.15, 0.2) is 91.1 Å². The summed E-state index contributed by atoms with van der Waals surface area (Å²) in [7, 11) is 0. The minimum atomic E-state index is -0.122. The molecule has 0 saturated carbocycles. The van der Waals surface area contributed by atoms with Crippen LogP contribution >= 0.6 is 22.9 Å². The fraction of sp³-hybridized carbons (Fsp3) is 0.0741. The Morgan fingerprint density at radius 2 is 1.67 bits per heavy atom. The van der Waals surface area contributed by atoms with Gasteiger partial charge in [-0.05, 0) is 60.0 Å². The van der Waals surface area contributed by atoms with Crippen LogP contribution in [0.3, 0.4) is 0 Å². The highest BCUT2D eigenvalue weighted by Crippen LogP contribution is 2.34. The molecule has 0 saturated heterocycles. The number of thiazole rings is 1. The molecule has 0 radical (unpaired) electrons. The molecule has 2 aromatic heterocycles. The molecule has 0 fully saturated rings. The van der Waals surface area contributed by atoms with Gasteiger partial charge in [-0.25, -0.2) is 4.98 Å². The number of fused-ring (bicyclic) bond motifs is 1. The average Bonchev–Trinajstić information content (AvgIpc) is 3.27. The van der Waals surface area contributed by atoms with Gasteiger partial charge < -0.3 is 0 Å². The van der Waals surface area contributed by atoms with Crippen molar-refractivity contribution in [1.82, 2.24) is 9.97 Å². The van der Waals surface area contributed by atoms with E-state index in [1.54, 1.807) is 11.1 Å². The summed E-state index contributed by atoms with van der Waals surface area (Å²) in [5.74, 6) is -0.122. The second kappa shape index (κ2) is 9.14. The van der Waals surface area contributed by atoms with E-state index in [-0.39, 0.29) is 5.91 Å². The molecule has 0 aliphatic carbocycles. The third-order valence-corrected chi connectivity index (χ3v) is 6.64. The van der Waals surface area contributed by atoms with Crippen molar-refractivity contribution in [3.63, 3.8) is 0 Å². The van der Waals surface area contributed by atoms with Crippen LogP contribution in [0.1, 0.15) is 21.6 Å². The number of halogens is 1. The van der Waals surface area contributed by atoms with Crippen LogP contribution in [0.2, 0.25) is 5.02 Å². The maximum absolute atomic E-state index is 13.7. The lowest BCUT2D eigenvalue weighted by Gasteiger charge is -2.20. The summed E-state index contributed by atoms with van der Waals surface area (Å²) in [5.41, 5.74) is 5.41. The number of anilines is 1. The fourth-order valence-corrected chi connectivity index (χ4v) is 5.15. The van der Waals surface area contributed by atoms with Crippen LogP contribution in [0.25, 0.3) is 21.3 Å². The first kappa shape index (κ1) is 21.3. The summed E-state index contributed by atoms with van der Waals surface area (Å²) in [6, 6.07) is 27.3. The van der Waals surface area contributed by atoms with E-state index in [0.717, 1.165) is 32.6 Å². The topological polar surface area (TPSA) is 46.1 Å². The van der Waals surface area contributed by atoms with E-state index < -0.39 is 0 Å². The predicted molar refractivity (Wildman–Crippen MR) is 136 cm³/mol. The number of hydrogen-bond donors (Lipinski definition) is 0. The molecule has 0 aliphatic rings. The highest BCUT2D eigenvalue weighted by Gasteiger charge is 2.23. The van der Waals surface area contributed by atoms with Crippen molar-refractivity contribution in [2.24, 2.45) is 0 Å². The Labute approximate surface area is 201 Å². The first-order chi connectivity index (χ1) is 16.1. The first-order valence-corrected chi connectivity index (χ1v) is 11.7. The van der Waals surface area contributed by atoms with E-state index in [2.05, 4.69) is 17.1 Å². The number of carbonyl (C=O) groups is 1. The molecule has 0 unspecified atom stereocenters. The SMILES string of the molecule is Cc1cc(Cl)cc2sc(N(Cc3ccccn3)C(=O)c3ccc(-c4ccccc4)cc3)nc12. The third-order valence-electron chi connectivity index (χ3n) is 5.40. The zero-order valence-corrected chi connectivity index (χ0v) is 19.5. The van der Waals surface area contributed by atoms with Crippen LogP contribution in [0, 0.1) is 6.92 Å². The molecular formula is C27H20ClN3OS. The molecule has 3 aromatic carbocycles. The lowest BCUT2D eigenvalue weighted by molar-refractivity contribution is 0.0985. The standard InChI is InChI=1S/C27H20ClN3OS/c1-18-15-22(28)16-24-25(18)30-27(33-24)31(17-23-9-5-6-14-29-23)26(32)21-12-10-20(11-13-21)19-7-3-2-4-8-19/h2-16H,17H2,1H3. The minimum Gasteiger partial charge on any atom is -0.278 e. The van der Waals surface area contributed by atoms with E-state index in [1.807, 2.05) is 79.7 Å². The summed E-state index contributed by atoms with van der Waals surface area (Å²) >= 11 is 7.71. The second-order valence-electron chi connectivity index (χ2n) is 7.72. The van der Waals surface area contributed by atoms with Gasteiger partial charge in [-0.1, -0.05) is 71.5 Å². The maximum Gasteiger partial charge on any atom is 0.260 e. The summed E-state index contributed by atoms with van der Waals surface area (Å²) in [6.45, 7) is 2.30. The number of rotatable bonds is 5. The number of pyridine rings is 1. The molecule has 0 N–H and O–H groups in total. The molecule has 1 amide bonds. The van der Waals surface area contributed by atoms with Gasteiger partial charge in [0.1, 0.15) is 0 Å². The molecule has 6 heteroatoms. The van der Waals surface area contributed by atoms with E-state index in [0.29, 0.717) is 22.3 Å². The number of carbonyl (C=O) groups excluding carboxylic acids is 1. The van der Waals surface area contributed by atoms with Crippen molar-refractivity contribution in [2.75, 3.05) is 4.90 Å². The molecule has 5 aromatic rings. The molecule has 0 spiro atoms. The molecule has 2 heterocycles. The van der Waals surface area contributed by atoms with Crippen molar-refractivity contribution < 1.29 is 4.79 Å². The van der Waals surface area contributed by atoms with Crippen LogP contribution < -0.4 is 4.90 Å². The van der Waals surface area contributed by atoms with Gasteiger partial charge in [0.05, 0.1) is 22.5 Å². The van der Waals surface area contributed by atoms with Gasteiger partial charge in [-0.2, -0.15) is 0 Å². The highest BCUT2D eigenvalue weighted by atomic mass is 35.5. The van der Waals surface area contributed by atoms with E-state index in [1.165, 1.54) is 11.3 Å². The lowest BCUT2D eigenvalue weighted by Crippen LogP contribution is -2.30. The zero-order chi connectivity index (χ0) is 22.8. The van der Waals surface area contributed by atoms with Gasteiger partial charge in [0.2, 0.25) is 0 Å². The van der Waals surface area contributed by atoms with Gasteiger partial charge in [-0.3, -0.25) is 14.7 Å². The van der Waals surface area contributed by atoms with Crippen molar-refractivity contribution in [3.05, 3.63) is 113 Å². The monoisotopic (exact) mass is 469 g/mol. The molecule has 0 bridgehead atoms. The lowest BCUT2D eigenvalue weighted by atomic mass is 10.0. The van der Waals surface area contributed by atoms with Crippen molar-refractivity contribution in [3.8, 4) is 11.1 Å². The Hall–Kier alpha value is -3.54. The Bertz CT molecular complexity index is 1420. The zero-order valence-electron chi connectivity index (χ0n) is 17.9. The third kappa shape index (κ3) is 4.51. The van der Waals surface area contributed by atoms with Crippen LogP contribution in [0.4, 0.5) is 5.13 Å². The highest BCUT2D eigenvalue weighted by molar-refractivity contribution is 7.22. The molecule has 4 nitrogen and oxygen atoms in total. The number of benzene rings is 3. The molecule has 0 atom stereocenters. The van der Waals surface area contributed by atoms with Crippen LogP contribution in [0.5, 0.6) is 0 Å². The molecule has 33 heavy (non-hydrogen) atoms. The largest absolute Gasteiger partial charge is 0.278 e. The van der Waals surface area contributed by atoms with Gasteiger partial charge >= 0.3 is 0 Å². The van der Waals surface area contributed by atoms with Gasteiger partial charge in [0, 0.05) is 16.8 Å². The normalized spacial score (nSPS) is 11.0. The smallest absolute Gasteiger partial charge is 0.260 e. The molecule has 0 aliphatic heterocycles. The van der Waals surface area contributed by atoms with E-state index in [4.69, 9.17) is 16.6 Å². The molecule has 162 valence electrons. The Balaban J connectivity index is 1.53. The number of aryl methyl sites for hydroxylation is 1. The van der Waals surface area contributed by atoms with Crippen molar-refractivity contribution in [2.45, 2.75) is 13.5 Å². The number of aromatic nitrogens is 2. The van der Waals surface area contributed by atoms with Gasteiger partial charge in [-0.15, -0.1) is 0 Å². The van der Waals surface area contributed by atoms with E-state index in [9.17, 15) is 4.79 Å². The Morgan fingerprint density at radius 3 is 2.39 bits per heavy atom. The number of nitrogens with zero attached hydrogens (tertiary/aromatic N) is 3. The quantitative estimate of drug-likeness (QED) is 0.274. The molecule has 5 rings (SSSR count). The fourth-order valence-electron chi connectivity index (χ4n) is 3.73. The number of amides is 1. The Morgan fingerprint density at radius 1 is 0.939 bits per heavy atom. The van der Waals surface area contributed by atoms with Crippen LogP contribution in [-0.2, 0) is 6.54 Å². The van der Waals surface area contributed by atoms with Crippen LogP contribution in [-0.4, -0.2) is 15.9 Å². The van der Waals surface area contributed by atoms with E-state index >= 15 is 0 Å². The van der Waals surface area contributed by atoms with Gasteiger partial charge in [0.15, 0.2) is 5.13 Å². The summed E-state index contributed by atoms with van der Waals surface area (Å²) in [6.07, 6.45) is 1.73. The Kier molecular flexibility index (Phi) is 5.90. The second-order valence-corrected chi connectivity index (χ2v) is 9.17. The average molecular weight is 470 g/mol. The van der Waals surface area contributed by atoms with Crippen molar-refractivity contribution in [1.29, 1.82) is 0 Å². The summed E-state index contributed by atoms with van der Waals surface area (Å²) < 4.78 is 0.952. The van der Waals surface area contributed by atoms with Gasteiger partial charge in [0.25, 0.3) is 5.91 Å². The first-order valence-electron chi connectivity index (χ1n) is 10.5. The minimum absolute atomic E-state index is 0.122. The predicted octanol–water partition coefficient (Wildman–Crippen LogP) is 7.17. The summed E-state index contributed by atoms with van der Waals surface area (Å²) in [4.78, 5) is 24.6. The molecular weight excluding hydrogens is 450 g/mol. The summed E-state index contributed by atoms with van der Waals surface area (Å²) in [5, 5.41) is 1.28. The number of hydrogen-bond acceptors (Lipinski definition) is 4. The van der Waals surface area contributed by atoms with Crippen molar-refractivity contribution >= 4 is 44.2 Å². The maximum atomic E-state index is 13.7.